The number of hydrogen-bond acceptors (Lipinski definition) is 15. The minimum atomic E-state index is -4.97. The summed E-state index contributed by atoms with van der Waals surface area (Å²) >= 11 is 0. The highest BCUT2D eigenvalue weighted by Gasteiger charge is 2.30. The maximum Gasteiger partial charge on any atom is 0.472 e. The summed E-state index contributed by atoms with van der Waals surface area (Å²) in [4.78, 5) is 73.2. The van der Waals surface area contributed by atoms with Gasteiger partial charge in [0.15, 0.2) is 12.2 Å². The molecule has 17 nitrogen and oxygen atoms in total. The SMILES string of the molecule is CCCCCCCCCCCCCCCCCCCCCCCCC(=O)O[C@H](COC(=O)CCCCCCCCCCCCCCCCCCC(C)C)COP(=O)(O)OC[C@@H](O)COP(=O)(O)OC[C@@H](COC(=O)CCCCCCCCCCC(C)C)OC(=O)CCCCCCCCCCCCC(C)C. The molecule has 0 aliphatic heterocycles. The highest BCUT2D eigenvalue weighted by Crippen LogP contribution is 2.45. The molecule has 0 aliphatic rings. The molecule has 0 aromatic carbocycles. The van der Waals surface area contributed by atoms with Gasteiger partial charge in [0.25, 0.3) is 0 Å². The molecule has 0 aromatic heterocycles. The van der Waals surface area contributed by atoms with E-state index in [1.54, 1.807) is 0 Å². The van der Waals surface area contributed by atoms with Crippen molar-refractivity contribution in [3.63, 3.8) is 0 Å². The zero-order valence-electron chi connectivity index (χ0n) is 69.2. The predicted octanol–water partition coefficient (Wildman–Crippen LogP) is 26.1. The number of hydrogen-bond donors (Lipinski definition) is 3. The first kappa shape index (κ1) is 103. The molecule has 105 heavy (non-hydrogen) atoms. The lowest BCUT2D eigenvalue weighted by Crippen LogP contribution is -2.30. The van der Waals surface area contributed by atoms with Crippen LogP contribution in [0.3, 0.4) is 0 Å². The summed E-state index contributed by atoms with van der Waals surface area (Å²) < 4.78 is 68.9. The van der Waals surface area contributed by atoms with Crippen molar-refractivity contribution in [1.82, 2.24) is 0 Å². The lowest BCUT2D eigenvalue weighted by atomic mass is 10.0. The summed E-state index contributed by atoms with van der Waals surface area (Å²) in [5.74, 6) is 0.184. The molecule has 19 heteroatoms. The number of unbranched alkanes of at least 4 members (excludes halogenated alkanes) is 52. The van der Waals surface area contributed by atoms with Crippen molar-refractivity contribution in [2.75, 3.05) is 39.6 Å². The van der Waals surface area contributed by atoms with Gasteiger partial charge >= 0.3 is 39.5 Å². The smallest absolute Gasteiger partial charge is 0.462 e. The molecule has 5 atom stereocenters. The molecule has 0 fully saturated rings. The second-order valence-electron chi connectivity index (χ2n) is 32.4. The quantitative estimate of drug-likeness (QED) is 0.0222. The van der Waals surface area contributed by atoms with Crippen LogP contribution < -0.4 is 0 Å². The van der Waals surface area contributed by atoms with E-state index in [9.17, 15) is 43.2 Å². The normalized spacial score (nSPS) is 13.9. The van der Waals surface area contributed by atoms with E-state index in [-0.39, 0.29) is 25.7 Å². The van der Waals surface area contributed by atoms with Gasteiger partial charge in [-0.1, -0.05) is 402 Å². The Hall–Kier alpha value is -1.94. The average molecular weight is 1540 g/mol. The summed E-state index contributed by atoms with van der Waals surface area (Å²) in [6.45, 7) is 12.0. The van der Waals surface area contributed by atoms with Crippen molar-refractivity contribution in [2.45, 2.75) is 471 Å². The Balaban J connectivity index is 5.22. The second kappa shape index (κ2) is 76.1. The number of phosphoric acid groups is 2. The van der Waals surface area contributed by atoms with Crippen LogP contribution in [0.5, 0.6) is 0 Å². The van der Waals surface area contributed by atoms with Gasteiger partial charge in [-0.15, -0.1) is 0 Å². The molecule has 2 unspecified atom stereocenters. The Kier molecular flexibility index (Phi) is 74.7. The first-order valence-electron chi connectivity index (χ1n) is 44.3. The number of aliphatic hydroxyl groups is 1. The number of ether oxygens (including phenoxy) is 4. The van der Waals surface area contributed by atoms with Crippen LogP contribution in [-0.4, -0.2) is 96.7 Å². The number of aliphatic hydroxyl groups excluding tert-OH is 1. The topological polar surface area (TPSA) is 237 Å². The van der Waals surface area contributed by atoms with Crippen molar-refractivity contribution in [1.29, 1.82) is 0 Å². The molecule has 0 aliphatic carbocycles. The van der Waals surface area contributed by atoms with Gasteiger partial charge in [-0.2, -0.15) is 0 Å². The van der Waals surface area contributed by atoms with Crippen LogP contribution in [0.25, 0.3) is 0 Å². The van der Waals surface area contributed by atoms with Crippen LogP contribution in [0.4, 0.5) is 0 Å². The van der Waals surface area contributed by atoms with Gasteiger partial charge < -0.3 is 33.8 Å². The van der Waals surface area contributed by atoms with Crippen molar-refractivity contribution in [3.8, 4) is 0 Å². The van der Waals surface area contributed by atoms with Crippen LogP contribution >= 0.6 is 15.6 Å². The molecular weight excluding hydrogens is 1370 g/mol. The molecule has 624 valence electrons. The van der Waals surface area contributed by atoms with Gasteiger partial charge in [0.05, 0.1) is 26.4 Å². The zero-order chi connectivity index (χ0) is 77.2. The summed E-state index contributed by atoms with van der Waals surface area (Å²) in [5, 5.41) is 10.7. The molecule has 0 saturated heterocycles. The Bertz CT molecular complexity index is 2030. The second-order valence-corrected chi connectivity index (χ2v) is 35.3. The van der Waals surface area contributed by atoms with E-state index in [1.165, 1.54) is 263 Å². The van der Waals surface area contributed by atoms with Crippen LogP contribution in [0.1, 0.15) is 453 Å². The average Bonchev–Trinajstić information content (AvgIpc) is 0.922. The highest BCUT2D eigenvalue weighted by atomic mass is 31.2. The molecule has 3 N–H and O–H groups in total. The van der Waals surface area contributed by atoms with E-state index in [1.807, 2.05) is 0 Å². The largest absolute Gasteiger partial charge is 0.472 e. The lowest BCUT2D eigenvalue weighted by molar-refractivity contribution is -0.161. The van der Waals surface area contributed by atoms with Crippen LogP contribution in [0.2, 0.25) is 0 Å². The number of carbonyl (C=O) groups excluding carboxylic acids is 4. The third-order valence-electron chi connectivity index (χ3n) is 20.1. The number of rotatable bonds is 84. The number of phosphoric ester groups is 2. The highest BCUT2D eigenvalue weighted by molar-refractivity contribution is 7.47. The maximum absolute atomic E-state index is 13.1. The van der Waals surface area contributed by atoms with E-state index in [0.29, 0.717) is 25.7 Å². The van der Waals surface area contributed by atoms with Crippen molar-refractivity contribution in [2.24, 2.45) is 17.8 Å². The Morgan fingerprint density at radius 3 is 0.648 bits per heavy atom. The third-order valence-corrected chi connectivity index (χ3v) is 22.0. The van der Waals surface area contributed by atoms with Crippen LogP contribution in [0, 0.1) is 17.8 Å². The predicted molar refractivity (Wildman–Crippen MR) is 432 cm³/mol. The van der Waals surface area contributed by atoms with Gasteiger partial charge in [-0.05, 0) is 43.4 Å². The molecular formula is C86H168O17P2. The van der Waals surface area contributed by atoms with Gasteiger partial charge in [0.2, 0.25) is 0 Å². The van der Waals surface area contributed by atoms with Gasteiger partial charge in [0, 0.05) is 25.7 Å². The van der Waals surface area contributed by atoms with Crippen molar-refractivity contribution in [3.05, 3.63) is 0 Å². The Morgan fingerprint density at radius 1 is 0.257 bits per heavy atom. The first-order chi connectivity index (χ1) is 50.7. The molecule has 0 saturated carbocycles. The van der Waals surface area contributed by atoms with Crippen LogP contribution in [0.15, 0.2) is 0 Å². The molecule has 0 bridgehead atoms. The fourth-order valence-electron chi connectivity index (χ4n) is 13.4. The van der Waals surface area contributed by atoms with Crippen molar-refractivity contribution < 1.29 is 80.2 Å². The standard InChI is InChI=1S/C86H168O17P2/c1-8-9-10-11-12-13-14-15-16-17-18-19-20-21-22-27-30-33-39-48-55-62-69-85(90)102-81(73-96-83(88)67-60-53-46-38-32-29-26-24-23-25-28-31-36-43-50-57-64-77(2)3)75-100-104(92,93)98-71-80(87)72-99-105(94,95)101-76-82(74-97-84(89)68-61-54-47-42-41-45-52-59-66-79(6)7)103-86(91)70-63-56-49-40-35-34-37-44-51-58-65-78(4)5/h77-82,87H,8-76H2,1-7H3,(H,92,93)(H,94,95)/t80-,81-,82-/m1/s1. The van der Waals surface area contributed by atoms with Gasteiger partial charge in [0.1, 0.15) is 19.3 Å². The minimum Gasteiger partial charge on any atom is -0.462 e. The summed E-state index contributed by atoms with van der Waals surface area (Å²) in [5.41, 5.74) is 0. The lowest BCUT2D eigenvalue weighted by Gasteiger charge is -2.21. The summed E-state index contributed by atoms with van der Waals surface area (Å²) in [6, 6.07) is 0. The third kappa shape index (κ3) is 79.9. The monoisotopic (exact) mass is 1540 g/mol. The fraction of sp³-hybridized carbons (Fsp3) is 0.953. The van der Waals surface area contributed by atoms with E-state index in [0.717, 1.165) is 108 Å². The zero-order valence-corrected chi connectivity index (χ0v) is 71.0. The van der Waals surface area contributed by atoms with Crippen molar-refractivity contribution >= 4 is 39.5 Å². The number of esters is 4. The van der Waals surface area contributed by atoms with E-state index in [4.69, 9.17) is 37.0 Å². The maximum atomic E-state index is 13.1. The number of carbonyl (C=O) groups is 4. The Labute approximate surface area is 645 Å². The summed E-state index contributed by atoms with van der Waals surface area (Å²) in [6.07, 6.45) is 66.9. The molecule has 0 aromatic rings. The van der Waals surface area contributed by atoms with Crippen LogP contribution in [-0.2, 0) is 65.4 Å². The molecule has 0 amide bonds. The molecule has 0 heterocycles. The molecule has 0 radical (unpaired) electrons. The minimum absolute atomic E-state index is 0.106. The molecule has 0 spiro atoms. The van der Waals surface area contributed by atoms with E-state index < -0.39 is 97.5 Å². The first-order valence-corrected chi connectivity index (χ1v) is 47.3. The van der Waals surface area contributed by atoms with E-state index in [2.05, 4.69) is 48.5 Å². The van der Waals surface area contributed by atoms with Gasteiger partial charge in [-0.25, -0.2) is 9.13 Å². The van der Waals surface area contributed by atoms with E-state index >= 15 is 0 Å². The molecule has 0 rings (SSSR count). The van der Waals surface area contributed by atoms with Gasteiger partial charge in [-0.3, -0.25) is 37.3 Å². The fourth-order valence-corrected chi connectivity index (χ4v) is 14.9. The summed E-state index contributed by atoms with van der Waals surface area (Å²) in [7, 11) is -9.93. The Morgan fingerprint density at radius 2 is 0.438 bits per heavy atom.